The average Bonchev–Trinajstić information content (AvgIpc) is 2.73. The maximum absolute atomic E-state index is 13.0. The van der Waals surface area contributed by atoms with Crippen LogP contribution < -0.4 is 19.8 Å². The number of ether oxygens (including phenoxy) is 2. The molecular formula is C23H26NO5+. The van der Waals surface area contributed by atoms with E-state index >= 15 is 0 Å². The van der Waals surface area contributed by atoms with Crippen LogP contribution in [0.25, 0.3) is 11.0 Å². The first-order valence-electron chi connectivity index (χ1n) is 9.97. The highest BCUT2D eigenvalue weighted by Crippen LogP contribution is 2.28. The molecule has 2 aromatic carbocycles. The Morgan fingerprint density at radius 3 is 2.66 bits per heavy atom. The second kappa shape index (κ2) is 8.17. The van der Waals surface area contributed by atoms with E-state index in [1.807, 2.05) is 0 Å². The lowest BCUT2D eigenvalue weighted by atomic mass is 9.99. The fourth-order valence-electron chi connectivity index (χ4n) is 4.05. The van der Waals surface area contributed by atoms with Crippen LogP contribution in [0.3, 0.4) is 0 Å². The number of hydrogen-bond donors (Lipinski definition) is 2. The van der Waals surface area contributed by atoms with Crippen molar-refractivity contribution in [3.63, 3.8) is 0 Å². The molecule has 1 saturated heterocycles. The number of piperidine rings is 1. The van der Waals surface area contributed by atoms with Crippen LogP contribution in [0.4, 0.5) is 0 Å². The van der Waals surface area contributed by atoms with E-state index in [0.717, 1.165) is 13.1 Å². The van der Waals surface area contributed by atoms with Crippen molar-refractivity contribution in [3.05, 3.63) is 58.4 Å². The minimum atomic E-state index is -0.259. The van der Waals surface area contributed by atoms with Crippen LogP contribution in [0.1, 0.15) is 25.3 Å². The summed E-state index contributed by atoms with van der Waals surface area (Å²) in [5.74, 6) is 2.15. The lowest BCUT2D eigenvalue weighted by Crippen LogP contribution is -3.12. The van der Waals surface area contributed by atoms with Gasteiger partial charge in [0.1, 0.15) is 30.1 Å². The number of quaternary nitrogens is 1. The van der Waals surface area contributed by atoms with Crippen LogP contribution in [-0.4, -0.2) is 25.3 Å². The number of likely N-dealkylation sites (tertiary alicyclic amines) is 1. The Labute approximate surface area is 169 Å². The number of methoxy groups -OCH3 is 1. The molecule has 0 bridgehead atoms. The Morgan fingerprint density at radius 2 is 1.93 bits per heavy atom. The van der Waals surface area contributed by atoms with Gasteiger partial charge in [0.05, 0.1) is 31.1 Å². The van der Waals surface area contributed by atoms with E-state index < -0.39 is 0 Å². The van der Waals surface area contributed by atoms with Crippen molar-refractivity contribution in [2.45, 2.75) is 26.3 Å². The van der Waals surface area contributed by atoms with Gasteiger partial charge >= 0.3 is 0 Å². The van der Waals surface area contributed by atoms with E-state index in [1.165, 1.54) is 24.0 Å². The van der Waals surface area contributed by atoms with Gasteiger partial charge in [-0.1, -0.05) is 6.92 Å². The second-order valence-electron chi connectivity index (χ2n) is 7.77. The fourth-order valence-corrected chi connectivity index (χ4v) is 4.05. The standard InChI is InChI=1S/C23H25NO5/c1-15-4-3-11-24(12-15)13-19-20(25)10-9-18-22(26)21(14-28-23(18)19)29-17-7-5-16(27-2)6-8-17/h5-10,14-15,25H,3-4,11-13H2,1-2H3/p+1/t15-/m0/s1. The summed E-state index contributed by atoms with van der Waals surface area (Å²) in [5.41, 5.74) is 0.854. The van der Waals surface area contributed by atoms with Crippen LogP contribution in [0.15, 0.2) is 51.9 Å². The summed E-state index contributed by atoms with van der Waals surface area (Å²) in [6, 6.07) is 10.1. The summed E-state index contributed by atoms with van der Waals surface area (Å²) >= 11 is 0. The van der Waals surface area contributed by atoms with Crippen molar-refractivity contribution in [2.75, 3.05) is 20.2 Å². The molecule has 152 valence electrons. The van der Waals surface area contributed by atoms with E-state index in [1.54, 1.807) is 43.5 Å². The summed E-state index contributed by atoms with van der Waals surface area (Å²) in [6.45, 7) is 5.00. The minimum absolute atomic E-state index is 0.109. The van der Waals surface area contributed by atoms with E-state index in [4.69, 9.17) is 13.9 Å². The first-order chi connectivity index (χ1) is 14.0. The Bertz CT molecular complexity index is 1060. The number of aromatic hydroxyl groups is 1. The molecule has 1 aromatic heterocycles. The van der Waals surface area contributed by atoms with Crippen LogP contribution in [0.5, 0.6) is 23.0 Å². The third-order valence-electron chi connectivity index (χ3n) is 5.57. The molecule has 1 unspecified atom stereocenters. The molecule has 0 spiro atoms. The highest BCUT2D eigenvalue weighted by molar-refractivity contribution is 5.82. The van der Waals surface area contributed by atoms with Crippen molar-refractivity contribution in [2.24, 2.45) is 5.92 Å². The Morgan fingerprint density at radius 1 is 1.17 bits per heavy atom. The molecule has 3 aromatic rings. The largest absolute Gasteiger partial charge is 0.507 e. The first kappa shape index (κ1) is 19.3. The van der Waals surface area contributed by atoms with Crippen molar-refractivity contribution >= 4 is 11.0 Å². The molecule has 0 aliphatic carbocycles. The fraction of sp³-hybridized carbons (Fsp3) is 0.348. The molecule has 29 heavy (non-hydrogen) atoms. The zero-order chi connectivity index (χ0) is 20.4. The molecule has 0 saturated carbocycles. The van der Waals surface area contributed by atoms with Crippen LogP contribution in [0.2, 0.25) is 0 Å². The maximum atomic E-state index is 13.0. The third-order valence-corrected chi connectivity index (χ3v) is 5.57. The normalized spacial score (nSPS) is 19.2. The number of hydrogen-bond acceptors (Lipinski definition) is 5. The van der Waals surface area contributed by atoms with Crippen LogP contribution in [-0.2, 0) is 6.54 Å². The van der Waals surface area contributed by atoms with Gasteiger partial charge < -0.3 is 23.9 Å². The highest BCUT2D eigenvalue weighted by Gasteiger charge is 2.24. The molecule has 2 heterocycles. The number of phenolic OH excluding ortho intramolecular Hbond substituents is 1. The van der Waals surface area contributed by atoms with Crippen LogP contribution >= 0.6 is 0 Å². The summed E-state index contributed by atoms with van der Waals surface area (Å²) in [4.78, 5) is 14.4. The molecule has 2 N–H and O–H groups in total. The lowest BCUT2D eigenvalue weighted by molar-refractivity contribution is -0.922. The molecule has 0 radical (unpaired) electrons. The topological polar surface area (TPSA) is 73.3 Å². The SMILES string of the molecule is COc1ccc(Oc2coc3c(C[NH+]4CCC[C@H](C)C4)c(O)ccc3c2=O)cc1. The number of phenols is 1. The Balaban J connectivity index is 1.65. The molecule has 6 heteroatoms. The maximum Gasteiger partial charge on any atom is 0.235 e. The smallest absolute Gasteiger partial charge is 0.235 e. The lowest BCUT2D eigenvalue weighted by Gasteiger charge is -2.28. The molecule has 1 fully saturated rings. The van der Waals surface area contributed by atoms with Gasteiger partial charge in [0.15, 0.2) is 5.58 Å². The van der Waals surface area contributed by atoms with E-state index in [0.29, 0.717) is 40.5 Å². The van der Waals surface area contributed by atoms with Gasteiger partial charge in [0.25, 0.3) is 0 Å². The number of benzene rings is 2. The molecule has 1 aliphatic rings. The summed E-state index contributed by atoms with van der Waals surface area (Å²) < 4.78 is 16.7. The molecule has 1 aliphatic heterocycles. The second-order valence-corrected chi connectivity index (χ2v) is 7.77. The van der Waals surface area contributed by atoms with E-state index in [9.17, 15) is 9.90 Å². The van der Waals surface area contributed by atoms with E-state index in [2.05, 4.69) is 6.92 Å². The summed E-state index contributed by atoms with van der Waals surface area (Å²) in [5, 5.41) is 10.8. The van der Waals surface area contributed by atoms with Gasteiger partial charge in [-0.15, -0.1) is 0 Å². The highest BCUT2D eigenvalue weighted by atomic mass is 16.5. The molecule has 4 rings (SSSR count). The number of nitrogens with one attached hydrogen (secondary N) is 1. The van der Waals surface area contributed by atoms with Crippen molar-refractivity contribution < 1.29 is 23.9 Å². The molecule has 6 nitrogen and oxygen atoms in total. The van der Waals surface area contributed by atoms with Crippen molar-refractivity contribution in [1.82, 2.24) is 0 Å². The Hall–Kier alpha value is -2.99. The predicted molar refractivity (Wildman–Crippen MR) is 110 cm³/mol. The summed E-state index contributed by atoms with van der Waals surface area (Å²) in [6.07, 6.45) is 3.74. The van der Waals surface area contributed by atoms with E-state index in [-0.39, 0.29) is 16.9 Å². The van der Waals surface area contributed by atoms with Crippen molar-refractivity contribution in [3.8, 4) is 23.0 Å². The van der Waals surface area contributed by atoms with Crippen molar-refractivity contribution in [1.29, 1.82) is 0 Å². The zero-order valence-electron chi connectivity index (χ0n) is 16.7. The monoisotopic (exact) mass is 396 g/mol. The van der Waals surface area contributed by atoms with Gasteiger partial charge in [0, 0.05) is 5.92 Å². The summed E-state index contributed by atoms with van der Waals surface area (Å²) in [7, 11) is 1.59. The third kappa shape index (κ3) is 4.07. The average molecular weight is 396 g/mol. The van der Waals surface area contributed by atoms with Gasteiger partial charge in [-0.2, -0.15) is 0 Å². The number of rotatable bonds is 5. The van der Waals surface area contributed by atoms with Gasteiger partial charge in [-0.05, 0) is 49.2 Å². The van der Waals surface area contributed by atoms with Crippen LogP contribution in [0, 0.1) is 5.92 Å². The van der Waals surface area contributed by atoms with Gasteiger partial charge in [0.2, 0.25) is 11.2 Å². The predicted octanol–water partition coefficient (Wildman–Crippen LogP) is 3.11. The minimum Gasteiger partial charge on any atom is -0.507 e. The first-order valence-corrected chi connectivity index (χ1v) is 9.97. The Kier molecular flexibility index (Phi) is 5.45. The number of fused-ring (bicyclic) bond motifs is 1. The van der Waals surface area contributed by atoms with Gasteiger partial charge in [-0.3, -0.25) is 4.79 Å². The van der Waals surface area contributed by atoms with Gasteiger partial charge in [-0.25, -0.2) is 0 Å². The molecular weight excluding hydrogens is 370 g/mol. The molecule has 2 atom stereocenters. The quantitative estimate of drug-likeness (QED) is 0.693. The molecule has 0 amide bonds. The zero-order valence-corrected chi connectivity index (χ0v) is 16.7.